The number of aryl methyl sites for hydroxylation is 1. The molecule has 82 valence electrons. The Kier molecular flexibility index (Phi) is 3.15. The number of carbonyl (C=O) groups excluding carboxylic acids is 1. The number of imidazole rings is 1. The van der Waals surface area contributed by atoms with Crippen molar-refractivity contribution in [3.05, 3.63) is 53.6 Å². The third-order valence-corrected chi connectivity index (χ3v) is 2.64. The third kappa shape index (κ3) is 2.19. The molecule has 3 nitrogen and oxygen atoms in total. The molecule has 2 rings (SSSR count). The highest BCUT2D eigenvalue weighted by Gasteiger charge is 2.01. The lowest BCUT2D eigenvalue weighted by atomic mass is 10.1. The quantitative estimate of drug-likeness (QED) is 0.732. The summed E-state index contributed by atoms with van der Waals surface area (Å²) in [6, 6.07) is 8.42. The Hall–Kier alpha value is -1.90. The van der Waals surface area contributed by atoms with Crippen LogP contribution in [0.1, 0.15) is 28.7 Å². The van der Waals surface area contributed by atoms with Gasteiger partial charge < -0.3 is 4.57 Å². The van der Waals surface area contributed by atoms with Gasteiger partial charge in [-0.2, -0.15) is 0 Å². The van der Waals surface area contributed by atoms with Crippen molar-refractivity contribution in [1.82, 2.24) is 9.55 Å². The highest BCUT2D eigenvalue weighted by Crippen LogP contribution is 2.07. The lowest BCUT2D eigenvalue weighted by Gasteiger charge is -2.05. The van der Waals surface area contributed by atoms with E-state index in [1.165, 1.54) is 11.1 Å². The first-order valence-electron chi connectivity index (χ1n) is 5.37. The summed E-state index contributed by atoms with van der Waals surface area (Å²) in [7, 11) is 0. The van der Waals surface area contributed by atoms with Crippen LogP contribution in [0.25, 0.3) is 0 Å². The van der Waals surface area contributed by atoms with Crippen LogP contribution < -0.4 is 0 Å². The highest BCUT2D eigenvalue weighted by molar-refractivity contribution is 5.69. The molecule has 0 fully saturated rings. The molecule has 0 aliphatic rings. The molecule has 0 aliphatic heterocycles. The molecule has 3 heteroatoms. The van der Waals surface area contributed by atoms with Crippen molar-refractivity contribution in [2.75, 3.05) is 0 Å². The largest absolute Gasteiger partial charge is 0.324 e. The summed E-state index contributed by atoms with van der Waals surface area (Å²) in [5.74, 6) is 0.472. The maximum Gasteiger partial charge on any atom is 0.185 e. The zero-order valence-corrected chi connectivity index (χ0v) is 9.26. The van der Waals surface area contributed by atoms with Crippen LogP contribution in [0.4, 0.5) is 0 Å². The minimum absolute atomic E-state index is 0.472. The molecule has 0 unspecified atom stereocenters. The zero-order valence-electron chi connectivity index (χ0n) is 9.26. The van der Waals surface area contributed by atoms with E-state index in [2.05, 4.69) is 36.2 Å². The van der Waals surface area contributed by atoms with Gasteiger partial charge in [0, 0.05) is 18.9 Å². The van der Waals surface area contributed by atoms with Crippen molar-refractivity contribution in [1.29, 1.82) is 0 Å². The molecule has 0 radical (unpaired) electrons. The number of aldehydes is 1. The molecule has 1 heterocycles. The predicted octanol–water partition coefficient (Wildman–Crippen LogP) is 2.31. The van der Waals surface area contributed by atoms with Gasteiger partial charge in [-0.3, -0.25) is 4.79 Å². The van der Waals surface area contributed by atoms with E-state index in [1.807, 2.05) is 10.8 Å². The summed E-state index contributed by atoms with van der Waals surface area (Å²) in [4.78, 5) is 14.7. The number of nitrogens with zero attached hydrogens (tertiary/aromatic N) is 2. The molecule has 1 aromatic heterocycles. The lowest BCUT2D eigenvalue weighted by molar-refractivity contribution is 0.111. The van der Waals surface area contributed by atoms with E-state index in [9.17, 15) is 4.79 Å². The van der Waals surface area contributed by atoms with E-state index in [0.29, 0.717) is 12.4 Å². The fourth-order valence-corrected chi connectivity index (χ4v) is 1.65. The molecule has 0 saturated carbocycles. The number of carbonyl (C=O) groups is 1. The summed E-state index contributed by atoms with van der Waals surface area (Å²) in [6.07, 6.45) is 5.28. The monoisotopic (exact) mass is 214 g/mol. The van der Waals surface area contributed by atoms with Crippen molar-refractivity contribution in [2.45, 2.75) is 19.9 Å². The molecule has 0 atom stereocenters. The Morgan fingerprint density at radius 1 is 1.25 bits per heavy atom. The van der Waals surface area contributed by atoms with Gasteiger partial charge in [-0.05, 0) is 17.5 Å². The molecule has 0 saturated heterocycles. The van der Waals surface area contributed by atoms with Gasteiger partial charge >= 0.3 is 0 Å². The lowest BCUT2D eigenvalue weighted by Crippen LogP contribution is -2.03. The Morgan fingerprint density at radius 3 is 2.56 bits per heavy atom. The summed E-state index contributed by atoms with van der Waals surface area (Å²) in [6.45, 7) is 2.83. The molecule has 0 aliphatic carbocycles. The number of aromatic nitrogens is 2. The SMILES string of the molecule is CCc1ccc(Cn2ccnc2C=O)cc1. The van der Waals surface area contributed by atoms with Gasteiger partial charge in [0.1, 0.15) is 0 Å². The summed E-state index contributed by atoms with van der Waals surface area (Å²) in [5, 5.41) is 0. The second-order valence-electron chi connectivity index (χ2n) is 3.70. The third-order valence-electron chi connectivity index (χ3n) is 2.64. The van der Waals surface area contributed by atoms with Crippen LogP contribution in [0, 0.1) is 0 Å². The van der Waals surface area contributed by atoms with Crippen LogP contribution in [-0.4, -0.2) is 15.8 Å². The van der Waals surface area contributed by atoms with Crippen LogP contribution >= 0.6 is 0 Å². The van der Waals surface area contributed by atoms with E-state index in [-0.39, 0.29) is 0 Å². The van der Waals surface area contributed by atoms with Gasteiger partial charge in [-0.1, -0.05) is 31.2 Å². The number of rotatable bonds is 4. The molecular formula is C13H14N2O. The Labute approximate surface area is 94.7 Å². The van der Waals surface area contributed by atoms with Crippen molar-refractivity contribution in [3.63, 3.8) is 0 Å². The standard InChI is InChI=1S/C13H14N2O/c1-2-11-3-5-12(6-4-11)9-15-8-7-14-13(15)10-16/h3-8,10H,2,9H2,1H3. The molecule has 0 N–H and O–H groups in total. The van der Waals surface area contributed by atoms with E-state index in [1.54, 1.807) is 6.20 Å². The van der Waals surface area contributed by atoms with Gasteiger partial charge in [0.05, 0.1) is 0 Å². The average Bonchev–Trinajstić information content (AvgIpc) is 2.77. The molecule has 1 aromatic carbocycles. The van der Waals surface area contributed by atoms with Crippen LogP contribution in [-0.2, 0) is 13.0 Å². The first-order chi connectivity index (χ1) is 7.83. The second kappa shape index (κ2) is 4.75. The molecule has 0 bridgehead atoms. The topological polar surface area (TPSA) is 34.9 Å². The van der Waals surface area contributed by atoms with E-state index in [4.69, 9.17) is 0 Å². The van der Waals surface area contributed by atoms with Gasteiger partial charge in [0.2, 0.25) is 0 Å². The first kappa shape index (κ1) is 10.6. The minimum Gasteiger partial charge on any atom is -0.324 e. The molecule has 16 heavy (non-hydrogen) atoms. The Bertz CT molecular complexity index is 471. The van der Waals surface area contributed by atoms with Crippen LogP contribution in [0.15, 0.2) is 36.7 Å². The van der Waals surface area contributed by atoms with Gasteiger partial charge in [-0.15, -0.1) is 0 Å². The summed E-state index contributed by atoms with van der Waals surface area (Å²) in [5.41, 5.74) is 2.50. The second-order valence-corrected chi connectivity index (χ2v) is 3.70. The fourth-order valence-electron chi connectivity index (χ4n) is 1.65. The minimum atomic E-state index is 0.472. The van der Waals surface area contributed by atoms with Crippen LogP contribution in [0.3, 0.4) is 0 Å². The van der Waals surface area contributed by atoms with Crippen molar-refractivity contribution in [2.24, 2.45) is 0 Å². The summed E-state index contributed by atoms with van der Waals surface area (Å²) >= 11 is 0. The van der Waals surface area contributed by atoms with Crippen LogP contribution in [0.2, 0.25) is 0 Å². The average molecular weight is 214 g/mol. The Morgan fingerprint density at radius 2 is 1.94 bits per heavy atom. The molecule has 0 spiro atoms. The Balaban J connectivity index is 2.17. The first-order valence-corrected chi connectivity index (χ1v) is 5.37. The predicted molar refractivity (Wildman–Crippen MR) is 62.5 cm³/mol. The molecular weight excluding hydrogens is 200 g/mol. The van der Waals surface area contributed by atoms with Gasteiger partial charge in [0.15, 0.2) is 12.1 Å². The summed E-state index contributed by atoms with van der Waals surface area (Å²) < 4.78 is 1.84. The van der Waals surface area contributed by atoms with Gasteiger partial charge in [-0.25, -0.2) is 4.98 Å². The van der Waals surface area contributed by atoms with Crippen molar-refractivity contribution >= 4 is 6.29 Å². The van der Waals surface area contributed by atoms with Crippen molar-refractivity contribution in [3.8, 4) is 0 Å². The number of hydrogen-bond donors (Lipinski definition) is 0. The number of hydrogen-bond acceptors (Lipinski definition) is 2. The van der Waals surface area contributed by atoms with Crippen LogP contribution in [0.5, 0.6) is 0 Å². The molecule has 2 aromatic rings. The van der Waals surface area contributed by atoms with Gasteiger partial charge in [0.25, 0.3) is 0 Å². The maximum atomic E-state index is 10.7. The maximum absolute atomic E-state index is 10.7. The van der Waals surface area contributed by atoms with E-state index < -0.39 is 0 Å². The molecule has 0 amide bonds. The van der Waals surface area contributed by atoms with E-state index in [0.717, 1.165) is 12.7 Å². The van der Waals surface area contributed by atoms with E-state index >= 15 is 0 Å². The highest BCUT2D eigenvalue weighted by atomic mass is 16.1. The van der Waals surface area contributed by atoms with Crippen molar-refractivity contribution < 1.29 is 4.79 Å². The fraction of sp³-hybridized carbons (Fsp3) is 0.231. The normalized spacial score (nSPS) is 10.3. The smallest absolute Gasteiger partial charge is 0.185 e. The zero-order chi connectivity index (χ0) is 11.4. The number of benzene rings is 1.